The Morgan fingerprint density at radius 1 is 1.10 bits per heavy atom. The lowest BCUT2D eigenvalue weighted by Crippen LogP contribution is -2.43. The molecule has 4 rings (SSSR count). The standard InChI is InChI=1S/C23H24N4O2S/c1-17-22-23(27(25-17)19-12-6-3-7-13-19)30-16-21(29)26(22)15-20(28)24-14-8-11-18-9-4-2-5-10-18/h2-7,9-10,12-13H,8,11,14-16H2,1H3,(H,24,28). The first-order valence-electron chi connectivity index (χ1n) is 10.0. The van der Waals surface area contributed by atoms with E-state index in [1.165, 1.54) is 17.3 Å². The summed E-state index contributed by atoms with van der Waals surface area (Å²) in [6.45, 7) is 2.47. The number of carbonyl (C=O) groups excluding carboxylic acids is 2. The topological polar surface area (TPSA) is 67.2 Å². The number of hydrogen-bond acceptors (Lipinski definition) is 4. The van der Waals surface area contributed by atoms with Crippen molar-refractivity contribution in [2.75, 3.05) is 23.7 Å². The first-order chi connectivity index (χ1) is 14.6. The number of nitrogens with zero attached hydrogens (tertiary/aromatic N) is 3. The maximum absolute atomic E-state index is 12.6. The Kier molecular flexibility index (Phi) is 6.18. The molecule has 1 aliphatic rings. The summed E-state index contributed by atoms with van der Waals surface area (Å²) in [5.74, 6) is 0.0791. The Morgan fingerprint density at radius 2 is 1.80 bits per heavy atom. The number of anilines is 1. The normalized spacial score (nSPS) is 13.2. The van der Waals surface area contributed by atoms with Crippen LogP contribution in [0.25, 0.3) is 5.69 Å². The van der Waals surface area contributed by atoms with Crippen LogP contribution in [0.15, 0.2) is 65.7 Å². The van der Waals surface area contributed by atoms with Crippen LogP contribution in [0, 0.1) is 6.92 Å². The zero-order valence-electron chi connectivity index (χ0n) is 16.9. The molecule has 0 bridgehead atoms. The Bertz CT molecular complexity index is 1030. The van der Waals surface area contributed by atoms with Crippen LogP contribution in [-0.2, 0) is 16.0 Å². The van der Waals surface area contributed by atoms with Gasteiger partial charge in [0.15, 0.2) is 0 Å². The summed E-state index contributed by atoms with van der Waals surface area (Å²) in [6, 6.07) is 20.0. The molecular formula is C23H24N4O2S. The van der Waals surface area contributed by atoms with Gasteiger partial charge in [-0.2, -0.15) is 5.10 Å². The minimum Gasteiger partial charge on any atom is -0.355 e. The molecule has 1 aliphatic heterocycles. The zero-order valence-corrected chi connectivity index (χ0v) is 17.7. The van der Waals surface area contributed by atoms with Crippen LogP contribution in [0.2, 0.25) is 0 Å². The highest BCUT2D eigenvalue weighted by Gasteiger charge is 2.32. The number of thioether (sulfide) groups is 1. The van der Waals surface area contributed by atoms with Gasteiger partial charge in [-0.3, -0.25) is 14.5 Å². The number of amides is 2. The minimum absolute atomic E-state index is 0.0129. The van der Waals surface area contributed by atoms with E-state index in [1.807, 2.05) is 60.1 Å². The third-order valence-corrected chi connectivity index (χ3v) is 6.03. The van der Waals surface area contributed by atoms with E-state index in [0.717, 1.165) is 34.9 Å². The van der Waals surface area contributed by atoms with E-state index in [2.05, 4.69) is 22.5 Å². The van der Waals surface area contributed by atoms with E-state index < -0.39 is 0 Å². The number of rotatable bonds is 7. The van der Waals surface area contributed by atoms with Crippen molar-refractivity contribution in [1.29, 1.82) is 0 Å². The molecule has 0 unspecified atom stereocenters. The maximum Gasteiger partial charge on any atom is 0.240 e. The fraction of sp³-hybridized carbons (Fsp3) is 0.261. The molecule has 0 radical (unpaired) electrons. The lowest BCUT2D eigenvalue weighted by Gasteiger charge is -2.27. The number of para-hydroxylation sites is 1. The monoisotopic (exact) mass is 420 g/mol. The summed E-state index contributed by atoms with van der Waals surface area (Å²) in [5, 5.41) is 8.47. The van der Waals surface area contributed by atoms with Crippen molar-refractivity contribution >= 4 is 29.3 Å². The van der Waals surface area contributed by atoms with Gasteiger partial charge in [0.1, 0.15) is 11.6 Å². The van der Waals surface area contributed by atoms with Gasteiger partial charge in [-0.1, -0.05) is 60.3 Å². The van der Waals surface area contributed by atoms with E-state index in [1.54, 1.807) is 4.90 Å². The summed E-state index contributed by atoms with van der Waals surface area (Å²) < 4.78 is 1.85. The lowest BCUT2D eigenvalue weighted by atomic mass is 10.1. The van der Waals surface area contributed by atoms with Gasteiger partial charge in [0.2, 0.25) is 11.8 Å². The molecule has 0 fully saturated rings. The molecule has 1 aromatic heterocycles. The van der Waals surface area contributed by atoms with Gasteiger partial charge in [0.05, 0.1) is 22.8 Å². The smallest absolute Gasteiger partial charge is 0.240 e. The lowest BCUT2D eigenvalue weighted by molar-refractivity contribution is -0.123. The molecule has 3 aromatic rings. The van der Waals surface area contributed by atoms with Crippen LogP contribution in [0.1, 0.15) is 17.7 Å². The van der Waals surface area contributed by atoms with E-state index in [-0.39, 0.29) is 18.4 Å². The van der Waals surface area contributed by atoms with E-state index >= 15 is 0 Å². The molecule has 30 heavy (non-hydrogen) atoms. The van der Waals surface area contributed by atoms with Crippen molar-refractivity contribution < 1.29 is 9.59 Å². The van der Waals surface area contributed by atoms with Gasteiger partial charge < -0.3 is 5.32 Å². The molecule has 0 saturated carbocycles. The SMILES string of the molecule is Cc1nn(-c2ccccc2)c2c1N(CC(=O)NCCCc1ccccc1)C(=O)CS2. The molecule has 2 aromatic carbocycles. The van der Waals surface area contributed by atoms with Crippen molar-refractivity contribution in [2.24, 2.45) is 0 Å². The van der Waals surface area contributed by atoms with Crippen molar-refractivity contribution in [3.63, 3.8) is 0 Å². The van der Waals surface area contributed by atoms with Crippen molar-refractivity contribution in [1.82, 2.24) is 15.1 Å². The second-order valence-electron chi connectivity index (χ2n) is 7.19. The molecule has 6 nitrogen and oxygen atoms in total. The van der Waals surface area contributed by atoms with Crippen LogP contribution < -0.4 is 10.2 Å². The largest absolute Gasteiger partial charge is 0.355 e. The first kappa shape index (κ1) is 20.2. The fourth-order valence-corrected chi connectivity index (χ4v) is 4.63. The minimum atomic E-state index is -0.152. The van der Waals surface area contributed by atoms with Gasteiger partial charge >= 0.3 is 0 Å². The number of hydrogen-bond donors (Lipinski definition) is 1. The number of fused-ring (bicyclic) bond motifs is 1. The maximum atomic E-state index is 12.6. The van der Waals surface area contributed by atoms with Crippen LogP contribution in [0.5, 0.6) is 0 Å². The molecular weight excluding hydrogens is 396 g/mol. The van der Waals surface area contributed by atoms with Crippen LogP contribution in [0.4, 0.5) is 5.69 Å². The third-order valence-electron chi connectivity index (χ3n) is 5.00. The van der Waals surface area contributed by atoms with Gasteiger partial charge in [0.25, 0.3) is 0 Å². The molecule has 0 saturated heterocycles. The van der Waals surface area contributed by atoms with Crippen molar-refractivity contribution in [3.05, 3.63) is 71.9 Å². The molecule has 0 aliphatic carbocycles. The van der Waals surface area contributed by atoms with E-state index in [0.29, 0.717) is 12.3 Å². The molecule has 0 atom stereocenters. The fourth-order valence-electron chi connectivity index (χ4n) is 3.55. The molecule has 154 valence electrons. The third kappa shape index (κ3) is 4.41. The molecule has 2 amide bonds. The quantitative estimate of drug-likeness (QED) is 0.595. The Morgan fingerprint density at radius 3 is 2.53 bits per heavy atom. The number of aromatic nitrogens is 2. The summed E-state index contributed by atoms with van der Waals surface area (Å²) >= 11 is 1.47. The van der Waals surface area contributed by atoms with E-state index in [4.69, 9.17) is 0 Å². The zero-order chi connectivity index (χ0) is 20.9. The van der Waals surface area contributed by atoms with Crippen LogP contribution in [0.3, 0.4) is 0 Å². The summed E-state index contributed by atoms with van der Waals surface area (Å²) in [4.78, 5) is 26.7. The second kappa shape index (κ2) is 9.17. The molecule has 2 heterocycles. The predicted octanol–water partition coefficient (Wildman–Crippen LogP) is 3.37. The van der Waals surface area contributed by atoms with Crippen molar-refractivity contribution in [3.8, 4) is 5.69 Å². The van der Waals surface area contributed by atoms with Crippen LogP contribution >= 0.6 is 11.8 Å². The molecule has 0 spiro atoms. The molecule has 7 heteroatoms. The number of nitrogens with one attached hydrogen (secondary N) is 1. The van der Waals surface area contributed by atoms with E-state index in [9.17, 15) is 9.59 Å². The van der Waals surface area contributed by atoms with Crippen LogP contribution in [-0.4, -0.2) is 40.4 Å². The van der Waals surface area contributed by atoms with Gasteiger partial charge in [0, 0.05) is 6.54 Å². The Hall–Kier alpha value is -3.06. The summed E-state index contributed by atoms with van der Waals surface area (Å²) in [7, 11) is 0. The Balaban J connectivity index is 1.42. The number of carbonyl (C=O) groups is 2. The first-order valence-corrected chi connectivity index (χ1v) is 11.0. The summed E-state index contributed by atoms with van der Waals surface area (Å²) in [6.07, 6.45) is 1.77. The van der Waals surface area contributed by atoms with Crippen molar-refractivity contribution in [2.45, 2.75) is 24.8 Å². The average molecular weight is 421 g/mol. The Labute approximate surface area is 180 Å². The predicted molar refractivity (Wildman–Crippen MR) is 119 cm³/mol. The number of aryl methyl sites for hydroxylation is 2. The number of benzene rings is 2. The summed E-state index contributed by atoms with van der Waals surface area (Å²) in [5.41, 5.74) is 3.67. The average Bonchev–Trinajstić information content (AvgIpc) is 3.11. The highest BCUT2D eigenvalue weighted by molar-refractivity contribution is 8.00. The highest BCUT2D eigenvalue weighted by Crippen LogP contribution is 2.39. The highest BCUT2D eigenvalue weighted by atomic mass is 32.2. The second-order valence-corrected chi connectivity index (χ2v) is 8.16. The van der Waals surface area contributed by atoms with Gasteiger partial charge in [-0.05, 0) is 37.5 Å². The van der Waals surface area contributed by atoms with Gasteiger partial charge in [-0.15, -0.1) is 0 Å². The van der Waals surface area contributed by atoms with Gasteiger partial charge in [-0.25, -0.2) is 4.68 Å². The molecule has 1 N–H and O–H groups in total.